The van der Waals surface area contributed by atoms with Crippen LogP contribution in [0, 0.1) is 12.8 Å². The van der Waals surface area contributed by atoms with E-state index in [0.29, 0.717) is 17.4 Å². The van der Waals surface area contributed by atoms with Gasteiger partial charge in [0.1, 0.15) is 11.6 Å². The molecule has 1 unspecified atom stereocenters. The molecule has 0 fully saturated rings. The van der Waals surface area contributed by atoms with E-state index in [2.05, 4.69) is 20.7 Å². The molecule has 0 aromatic carbocycles. The zero-order chi connectivity index (χ0) is 16.6. The van der Waals surface area contributed by atoms with Crippen molar-refractivity contribution in [2.24, 2.45) is 5.92 Å². The summed E-state index contributed by atoms with van der Waals surface area (Å²) in [6.07, 6.45) is -4.43. The van der Waals surface area contributed by atoms with Gasteiger partial charge in [0.05, 0.1) is 12.5 Å². The minimum atomic E-state index is -4.23. The molecule has 0 bridgehead atoms. The second-order valence-electron chi connectivity index (χ2n) is 5.42. The van der Waals surface area contributed by atoms with Gasteiger partial charge in [-0.2, -0.15) is 13.2 Å². The molecule has 0 radical (unpaired) electrons. The molecule has 1 atom stereocenters. The number of fused-ring (bicyclic) bond motifs is 1. The van der Waals surface area contributed by atoms with Crippen molar-refractivity contribution in [2.45, 2.75) is 39.0 Å². The molecule has 10 heteroatoms. The van der Waals surface area contributed by atoms with Crippen LogP contribution in [0.25, 0.3) is 0 Å². The molecule has 124 valence electrons. The van der Waals surface area contributed by atoms with E-state index in [1.807, 2.05) is 0 Å². The first-order chi connectivity index (χ1) is 10.8. The molecule has 2 aromatic heterocycles. The maximum atomic E-state index is 12.8. The van der Waals surface area contributed by atoms with E-state index >= 15 is 0 Å². The van der Waals surface area contributed by atoms with Crippen molar-refractivity contribution in [3.63, 3.8) is 0 Å². The van der Waals surface area contributed by atoms with Crippen LogP contribution in [0.5, 0.6) is 0 Å². The number of amides is 1. The van der Waals surface area contributed by atoms with Crippen LogP contribution in [0.3, 0.4) is 0 Å². The average Bonchev–Trinajstić information content (AvgIpc) is 3.09. The third-order valence-electron chi connectivity index (χ3n) is 3.76. The highest BCUT2D eigenvalue weighted by atomic mass is 19.4. The van der Waals surface area contributed by atoms with Crippen LogP contribution in [-0.4, -0.2) is 32.0 Å². The molecule has 23 heavy (non-hydrogen) atoms. The van der Waals surface area contributed by atoms with E-state index < -0.39 is 18.0 Å². The van der Waals surface area contributed by atoms with E-state index in [4.69, 9.17) is 4.52 Å². The molecule has 7 nitrogen and oxygen atoms in total. The van der Waals surface area contributed by atoms with Crippen LogP contribution in [0.2, 0.25) is 0 Å². The first-order valence-electron chi connectivity index (χ1n) is 7.04. The average molecular weight is 329 g/mol. The lowest BCUT2D eigenvalue weighted by molar-refractivity contribution is -0.179. The number of rotatable bonds is 3. The van der Waals surface area contributed by atoms with Crippen molar-refractivity contribution in [3.05, 3.63) is 29.2 Å². The molecular weight excluding hydrogens is 315 g/mol. The Kier molecular flexibility index (Phi) is 3.82. The van der Waals surface area contributed by atoms with Gasteiger partial charge in [0.2, 0.25) is 0 Å². The summed E-state index contributed by atoms with van der Waals surface area (Å²) in [6, 6.07) is 1.49. The van der Waals surface area contributed by atoms with Crippen molar-refractivity contribution in [2.75, 3.05) is 0 Å². The Morgan fingerprint density at radius 2 is 2.26 bits per heavy atom. The van der Waals surface area contributed by atoms with E-state index in [-0.39, 0.29) is 31.6 Å². The normalized spacial score (nSPS) is 17.8. The number of carbonyl (C=O) groups excluding carboxylic acids is 1. The van der Waals surface area contributed by atoms with Gasteiger partial charge in [0, 0.05) is 19.0 Å². The second-order valence-corrected chi connectivity index (χ2v) is 5.42. The summed E-state index contributed by atoms with van der Waals surface area (Å²) >= 11 is 0. The summed E-state index contributed by atoms with van der Waals surface area (Å²) in [5, 5.41) is 13.9. The Bertz CT molecular complexity index is 722. The van der Waals surface area contributed by atoms with E-state index in [1.165, 1.54) is 6.07 Å². The smallest absolute Gasteiger partial charge is 0.361 e. The standard InChI is InChI=1S/C13H14F3N5O2/c1-7-4-9(20-23-7)12(22)17-6-11-19-18-10-5-8(13(14,15)16)2-3-21(10)11/h4,8H,2-3,5-6H2,1H3,(H,17,22). The molecule has 1 aliphatic rings. The fourth-order valence-corrected chi connectivity index (χ4v) is 2.52. The number of nitrogens with zero attached hydrogens (tertiary/aromatic N) is 4. The highest BCUT2D eigenvalue weighted by molar-refractivity contribution is 5.92. The number of halogens is 3. The van der Waals surface area contributed by atoms with Gasteiger partial charge in [-0.3, -0.25) is 4.79 Å². The van der Waals surface area contributed by atoms with Crippen molar-refractivity contribution in [1.82, 2.24) is 25.2 Å². The Morgan fingerprint density at radius 1 is 1.48 bits per heavy atom. The van der Waals surface area contributed by atoms with Crippen LogP contribution in [0.15, 0.2) is 10.6 Å². The molecule has 0 saturated carbocycles. The zero-order valence-electron chi connectivity index (χ0n) is 12.2. The minimum absolute atomic E-state index is 0.0159. The lowest BCUT2D eigenvalue weighted by Crippen LogP contribution is -2.32. The number of nitrogens with one attached hydrogen (secondary N) is 1. The van der Waals surface area contributed by atoms with Crippen molar-refractivity contribution in [3.8, 4) is 0 Å². The summed E-state index contributed by atoms with van der Waals surface area (Å²) in [5.74, 6) is -0.606. The second kappa shape index (κ2) is 5.67. The third-order valence-corrected chi connectivity index (χ3v) is 3.76. The van der Waals surface area contributed by atoms with Gasteiger partial charge in [-0.15, -0.1) is 10.2 Å². The highest BCUT2D eigenvalue weighted by Gasteiger charge is 2.42. The maximum absolute atomic E-state index is 12.8. The largest absolute Gasteiger partial charge is 0.392 e. The Balaban J connectivity index is 1.65. The van der Waals surface area contributed by atoms with Crippen molar-refractivity contribution < 1.29 is 22.5 Å². The zero-order valence-corrected chi connectivity index (χ0v) is 12.2. The lowest BCUT2D eigenvalue weighted by atomic mass is 9.97. The van der Waals surface area contributed by atoms with Gasteiger partial charge in [-0.05, 0) is 13.3 Å². The maximum Gasteiger partial charge on any atom is 0.392 e. The van der Waals surface area contributed by atoms with Gasteiger partial charge >= 0.3 is 6.18 Å². The van der Waals surface area contributed by atoms with Crippen LogP contribution in [0.4, 0.5) is 13.2 Å². The number of aromatic nitrogens is 4. The number of aryl methyl sites for hydroxylation is 1. The monoisotopic (exact) mass is 329 g/mol. The first kappa shape index (κ1) is 15.5. The Morgan fingerprint density at radius 3 is 2.91 bits per heavy atom. The number of carbonyl (C=O) groups is 1. The van der Waals surface area contributed by atoms with Crippen LogP contribution in [-0.2, 0) is 19.5 Å². The molecule has 1 aliphatic heterocycles. The third kappa shape index (κ3) is 3.20. The SMILES string of the molecule is Cc1cc(C(=O)NCc2nnc3n2CCC(C(F)(F)F)C3)no1. The molecule has 0 spiro atoms. The molecular formula is C13H14F3N5O2. The summed E-state index contributed by atoms with van der Waals surface area (Å²) in [5.41, 5.74) is 0.137. The van der Waals surface area contributed by atoms with Crippen LogP contribution < -0.4 is 5.32 Å². The summed E-state index contributed by atoms with van der Waals surface area (Å²) < 4.78 is 44.7. The van der Waals surface area contributed by atoms with Crippen molar-refractivity contribution >= 4 is 5.91 Å². The van der Waals surface area contributed by atoms with Crippen molar-refractivity contribution in [1.29, 1.82) is 0 Å². The predicted octanol–water partition coefficient (Wildman–Crippen LogP) is 1.63. The summed E-state index contributed by atoms with van der Waals surface area (Å²) in [7, 11) is 0. The van der Waals surface area contributed by atoms with E-state index in [9.17, 15) is 18.0 Å². The first-order valence-corrected chi connectivity index (χ1v) is 7.04. The van der Waals surface area contributed by atoms with E-state index in [0.717, 1.165) is 0 Å². The molecule has 2 aromatic rings. The Hall–Kier alpha value is -2.39. The number of hydrogen-bond acceptors (Lipinski definition) is 5. The minimum Gasteiger partial charge on any atom is -0.361 e. The predicted molar refractivity (Wildman–Crippen MR) is 70.3 cm³/mol. The molecule has 1 N–H and O–H groups in total. The quantitative estimate of drug-likeness (QED) is 0.925. The number of alkyl halides is 3. The fraction of sp³-hybridized carbons (Fsp3) is 0.538. The van der Waals surface area contributed by atoms with Gasteiger partial charge in [0.25, 0.3) is 5.91 Å². The Labute approximate surface area is 128 Å². The molecule has 0 aliphatic carbocycles. The lowest BCUT2D eigenvalue weighted by Gasteiger charge is -2.25. The van der Waals surface area contributed by atoms with Gasteiger partial charge in [-0.25, -0.2) is 0 Å². The fourth-order valence-electron chi connectivity index (χ4n) is 2.52. The molecule has 0 saturated heterocycles. The van der Waals surface area contributed by atoms with Gasteiger partial charge in [0.15, 0.2) is 11.5 Å². The molecule has 3 heterocycles. The van der Waals surface area contributed by atoms with Crippen LogP contribution in [0.1, 0.15) is 34.3 Å². The van der Waals surface area contributed by atoms with Crippen LogP contribution >= 0.6 is 0 Å². The van der Waals surface area contributed by atoms with Gasteiger partial charge < -0.3 is 14.4 Å². The summed E-state index contributed by atoms with van der Waals surface area (Å²) in [6.45, 7) is 1.91. The van der Waals surface area contributed by atoms with E-state index in [1.54, 1.807) is 11.5 Å². The summed E-state index contributed by atoms with van der Waals surface area (Å²) in [4.78, 5) is 11.9. The molecule has 1 amide bonds. The molecule has 3 rings (SSSR count). The van der Waals surface area contributed by atoms with Gasteiger partial charge in [-0.1, -0.05) is 5.16 Å². The highest BCUT2D eigenvalue weighted by Crippen LogP contribution is 2.34. The number of hydrogen-bond donors (Lipinski definition) is 1. The topological polar surface area (TPSA) is 85.8 Å².